The summed E-state index contributed by atoms with van der Waals surface area (Å²) in [5.74, 6) is 0.644. The third-order valence-corrected chi connectivity index (χ3v) is 2.99. The molecule has 0 fully saturated rings. The smallest absolute Gasteiger partial charge is 0.142 e. The fraction of sp³-hybridized carbons (Fsp3) is 0.143. The standard InChI is InChI=1S/C14H14ClNO/c1-17-14-11(8-5-9-12(14)15)13(16)10-6-3-2-4-7-10/h2-9,13H,16H2,1H3. The first-order valence-electron chi connectivity index (χ1n) is 5.37. The maximum atomic E-state index is 6.22. The van der Waals surface area contributed by atoms with Gasteiger partial charge in [0.2, 0.25) is 0 Å². The minimum atomic E-state index is -0.232. The lowest BCUT2D eigenvalue weighted by molar-refractivity contribution is 0.408. The highest BCUT2D eigenvalue weighted by Gasteiger charge is 2.15. The van der Waals surface area contributed by atoms with Gasteiger partial charge in [-0.2, -0.15) is 0 Å². The number of hydrogen-bond donors (Lipinski definition) is 1. The van der Waals surface area contributed by atoms with Crippen molar-refractivity contribution in [2.75, 3.05) is 7.11 Å². The molecular weight excluding hydrogens is 234 g/mol. The second-order valence-electron chi connectivity index (χ2n) is 3.75. The van der Waals surface area contributed by atoms with Crippen LogP contribution in [0.4, 0.5) is 0 Å². The van der Waals surface area contributed by atoms with Crippen LogP contribution in [0.1, 0.15) is 17.2 Å². The van der Waals surface area contributed by atoms with Crippen molar-refractivity contribution in [1.82, 2.24) is 0 Å². The first-order valence-corrected chi connectivity index (χ1v) is 5.74. The molecule has 0 saturated heterocycles. The predicted octanol–water partition coefficient (Wildman–Crippen LogP) is 3.40. The summed E-state index contributed by atoms with van der Waals surface area (Å²) in [7, 11) is 1.60. The molecule has 0 heterocycles. The van der Waals surface area contributed by atoms with Crippen molar-refractivity contribution in [1.29, 1.82) is 0 Å². The van der Waals surface area contributed by atoms with Gasteiger partial charge in [0.15, 0.2) is 0 Å². The van der Waals surface area contributed by atoms with Gasteiger partial charge in [-0.05, 0) is 11.6 Å². The Balaban J connectivity index is 2.44. The minimum Gasteiger partial charge on any atom is -0.495 e. The molecule has 0 aliphatic heterocycles. The maximum absolute atomic E-state index is 6.22. The lowest BCUT2D eigenvalue weighted by Gasteiger charge is -2.16. The van der Waals surface area contributed by atoms with Gasteiger partial charge in [-0.15, -0.1) is 0 Å². The number of nitrogens with two attached hydrogens (primary N) is 1. The molecule has 0 amide bonds. The Morgan fingerprint density at radius 2 is 1.76 bits per heavy atom. The van der Waals surface area contributed by atoms with Crippen molar-refractivity contribution in [2.45, 2.75) is 6.04 Å². The van der Waals surface area contributed by atoms with Crippen LogP contribution in [-0.2, 0) is 0 Å². The van der Waals surface area contributed by atoms with Crippen molar-refractivity contribution in [3.05, 3.63) is 64.7 Å². The zero-order chi connectivity index (χ0) is 12.3. The second-order valence-corrected chi connectivity index (χ2v) is 4.16. The quantitative estimate of drug-likeness (QED) is 0.902. The van der Waals surface area contributed by atoms with Crippen LogP contribution >= 0.6 is 11.6 Å². The molecule has 0 radical (unpaired) electrons. The van der Waals surface area contributed by atoms with Crippen LogP contribution in [0.25, 0.3) is 0 Å². The summed E-state index contributed by atoms with van der Waals surface area (Å²) in [6.07, 6.45) is 0. The Morgan fingerprint density at radius 1 is 1.06 bits per heavy atom. The molecule has 2 aromatic carbocycles. The van der Waals surface area contributed by atoms with Gasteiger partial charge in [-0.1, -0.05) is 54.1 Å². The van der Waals surface area contributed by atoms with Crippen LogP contribution in [0.2, 0.25) is 5.02 Å². The molecule has 0 spiro atoms. The number of methoxy groups -OCH3 is 1. The zero-order valence-electron chi connectivity index (χ0n) is 9.56. The lowest BCUT2D eigenvalue weighted by Crippen LogP contribution is -2.13. The Morgan fingerprint density at radius 3 is 2.41 bits per heavy atom. The van der Waals surface area contributed by atoms with Crippen LogP contribution in [0.15, 0.2) is 48.5 Å². The Kier molecular flexibility index (Phi) is 3.67. The Labute approximate surface area is 106 Å². The Bertz CT molecular complexity index is 499. The summed E-state index contributed by atoms with van der Waals surface area (Å²) in [4.78, 5) is 0. The SMILES string of the molecule is COc1c(Cl)cccc1C(N)c1ccccc1. The molecule has 0 bridgehead atoms. The van der Waals surface area contributed by atoms with Crippen molar-refractivity contribution >= 4 is 11.6 Å². The van der Waals surface area contributed by atoms with Crippen LogP contribution in [0, 0.1) is 0 Å². The van der Waals surface area contributed by atoms with E-state index in [1.807, 2.05) is 42.5 Å². The molecule has 1 atom stereocenters. The molecule has 0 aliphatic carbocycles. The second kappa shape index (κ2) is 5.21. The van der Waals surface area contributed by atoms with Crippen molar-refractivity contribution < 1.29 is 4.74 Å². The molecule has 2 rings (SSSR count). The molecule has 2 nitrogen and oxygen atoms in total. The summed E-state index contributed by atoms with van der Waals surface area (Å²) in [6, 6.07) is 15.2. The molecule has 0 aliphatic rings. The number of rotatable bonds is 3. The van der Waals surface area contributed by atoms with E-state index in [4.69, 9.17) is 22.1 Å². The third-order valence-electron chi connectivity index (χ3n) is 2.70. The van der Waals surface area contributed by atoms with Crippen LogP contribution in [0.5, 0.6) is 5.75 Å². The normalized spacial score (nSPS) is 12.2. The van der Waals surface area contributed by atoms with E-state index in [1.54, 1.807) is 13.2 Å². The zero-order valence-corrected chi connectivity index (χ0v) is 10.3. The fourth-order valence-electron chi connectivity index (χ4n) is 1.83. The van der Waals surface area contributed by atoms with Gasteiger partial charge in [0, 0.05) is 5.56 Å². The van der Waals surface area contributed by atoms with E-state index in [2.05, 4.69) is 0 Å². The fourth-order valence-corrected chi connectivity index (χ4v) is 2.08. The van der Waals surface area contributed by atoms with Gasteiger partial charge < -0.3 is 10.5 Å². The first kappa shape index (κ1) is 12.0. The molecule has 3 heteroatoms. The van der Waals surface area contributed by atoms with Crippen molar-refractivity contribution in [3.8, 4) is 5.75 Å². The molecule has 1 unspecified atom stereocenters. The van der Waals surface area contributed by atoms with Gasteiger partial charge in [0.05, 0.1) is 18.2 Å². The first-order chi connectivity index (χ1) is 8.24. The predicted molar refractivity (Wildman–Crippen MR) is 70.5 cm³/mol. The van der Waals surface area contributed by atoms with E-state index in [0.29, 0.717) is 10.8 Å². The molecule has 2 N–H and O–H groups in total. The van der Waals surface area contributed by atoms with E-state index in [0.717, 1.165) is 11.1 Å². The number of benzene rings is 2. The summed E-state index contributed by atoms with van der Waals surface area (Å²) in [6.45, 7) is 0. The van der Waals surface area contributed by atoms with Gasteiger partial charge in [-0.3, -0.25) is 0 Å². The highest BCUT2D eigenvalue weighted by atomic mass is 35.5. The van der Waals surface area contributed by atoms with E-state index in [9.17, 15) is 0 Å². The third kappa shape index (κ3) is 2.43. The lowest BCUT2D eigenvalue weighted by atomic mass is 9.99. The van der Waals surface area contributed by atoms with Crippen molar-refractivity contribution in [3.63, 3.8) is 0 Å². The summed E-state index contributed by atoms with van der Waals surface area (Å²) >= 11 is 6.08. The number of para-hydroxylation sites is 1. The number of hydrogen-bond acceptors (Lipinski definition) is 2. The molecule has 0 saturated carbocycles. The number of ether oxygens (including phenoxy) is 1. The largest absolute Gasteiger partial charge is 0.495 e. The van der Waals surface area contributed by atoms with Gasteiger partial charge in [0.1, 0.15) is 5.75 Å². The van der Waals surface area contributed by atoms with Gasteiger partial charge in [0.25, 0.3) is 0 Å². The topological polar surface area (TPSA) is 35.2 Å². The molecule has 0 aromatic heterocycles. The molecule has 88 valence electrons. The van der Waals surface area contributed by atoms with Crippen LogP contribution in [0.3, 0.4) is 0 Å². The summed E-state index contributed by atoms with van der Waals surface area (Å²) in [5, 5.41) is 0.580. The monoisotopic (exact) mass is 247 g/mol. The van der Waals surface area contributed by atoms with Crippen molar-refractivity contribution in [2.24, 2.45) is 5.73 Å². The minimum absolute atomic E-state index is 0.232. The molecular formula is C14H14ClNO. The highest BCUT2D eigenvalue weighted by molar-refractivity contribution is 6.32. The average Bonchev–Trinajstić information content (AvgIpc) is 2.38. The van der Waals surface area contributed by atoms with Crippen LogP contribution in [-0.4, -0.2) is 7.11 Å². The molecule has 2 aromatic rings. The Hall–Kier alpha value is -1.51. The average molecular weight is 248 g/mol. The maximum Gasteiger partial charge on any atom is 0.142 e. The van der Waals surface area contributed by atoms with Gasteiger partial charge >= 0.3 is 0 Å². The van der Waals surface area contributed by atoms with E-state index in [-0.39, 0.29) is 6.04 Å². The summed E-state index contributed by atoms with van der Waals surface area (Å²) < 4.78 is 5.31. The van der Waals surface area contributed by atoms with E-state index in [1.165, 1.54) is 0 Å². The van der Waals surface area contributed by atoms with E-state index >= 15 is 0 Å². The molecule has 17 heavy (non-hydrogen) atoms. The highest BCUT2D eigenvalue weighted by Crippen LogP contribution is 2.33. The number of halogens is 1. The summed E-state index contributed by atoms with van der Waals surface area (Å²) in [5.41, 5.74) is 8.15. The van der Waals surface area contributed by atoms with Crippen LogP contribution < -0.4 is 10.5 Å². The van der Waals surface area contributed by atoms with E-state index < -0.39 is 0 Å². The van der Waals surface area contributed by atoms with Gasteiger partial charge in [-0.25, -0.2) is 0 Å².